The first-order chi connectivity index (χ1) is 10.4. The van der Waals surface area contributed by atoms with Gasteiger partial charge in [-0.3, -0.25) is 4.79 Å². The number of phenols is 2. The first-order valence-corrected chi connectivity index (χ1v) is 7.05. The Hall–Kier alpha value is -2.69. The summed E-state index contributed by atoms with van der Waals surface area (Å²) in [4.78, 5) is 12.9. The number of hydrogen-bond donors (Lipinski definition) is 3. The van der Waals surface area contributed by atoms with E-state index >= 15 is 0 Å². The summed E-state index contributed by atoms with van der Waals surface area (Å²) in [5.41, 5.74) is 3.59. The highest BCUT2D eigenvalue weighted by Crippen LogP contribution is 2.33. The van der Waals surface area contributed by atoms with Crippen LogP contribution in [-0.4, -0.2) is 34.4 Å². The molecule has 0 atom stereocenters. The Morgan fingerprint density at radius 1 is 1.00 bits per heavy atom. The van der Waals surface area contributed by atoms with Crippen LogP contribution in [0.15, 0.2) is 36.4 Å². The monoisotopic (exact) mass is 299 g/mol. The Morgan fingerprint density at radius 3 is 2.18 bits per heavy atom. The smallest absolute Gasteiger partial charge is 0.310 e. The zero-order chi connectivity index (χ0) is 15.9. The first kappa shape index (κ1) is 14.3. The van der Waals surface area contributed by atoms with E-state index in [0.29, 0.717) is 13.1 Å². The molecule has 0 spiro atoms. The first-order valence-electron chi connectivity index (χ1n) is 7.05. The van der Waals surface area contributed by atoms with Crippen molar-refractivity contribution in [3.8, 4) is 22.6 Å². The van der Waals surface area contributed by atoms with Gasteiger partial charge in [-0.1, -0.05) is 6.07 Å². The molecule has 0 bridgehead atoms. The number of aryl methyl sites for hydroxylation is 1. The van der Waals surface area contributed by atoms with E-state index in [2.05, 4.69) is 0 Å². The third kappa shape index (κ3) is 2.70. The van der Waals surface area contributed by atoms with Gasteiger partial charge < -0.3 is 20.2 Å². The van der Waals surface area contributed by atoms with E-state index in [1.54, 1.807) is 12.1 Å². The molecule has 114 valence electrons. The zero-order valence-electron chi connectivity index (χ0n) is 12.2. The molecule has 1 aliphatic heterocycles. The van der Waals surface area contributed by atoms with Crippen molar-refractivity contribution in [2.45, 2.75) is 6.92 Å². The number of rotatable bonds is 3. The second kappa shape index (κ2) is 5.26. The molecule has 22 heavy (non-hydrogen) atoms. The van der Waals surface area contributed by atoms with Crippen molar-refractivity contribution < 1.29 is 20.1 Å². The third-order valence-corrected chi connectivity index (χ3v) is 3.89. The van der Waals surface area contributed by atoms with Crippen molar-refractivity contribution in [2.75, 3.05) is 18.0 Å². The highest BCUT2D eigenvalue weighted by atomic mass is 16.4. The van der Waals surface area contributed by atoms with E-state index in [1.165, 1.54) is 6.07 Å². The molecular formula is C17H17NO4. The van der Waals surface area contributed by atoms with Gasteiger partial charge in [0.15, 0.2) is 0 Å². The summed E-state index contributed by atoms with van der Waals surface area (Å²) in [6.45, 7) is 2.97. The Labute approximate surface area is 128 Å². The molecule has 5 heteroatoms. The van der Waals surface area contributed by atoms with Crippen molar-refractivity contribution >= 4 is 11.7 Å². The average Bonchev–Trinajstić information content (AvgIpc) is 2.34. The summed E-state index contributed by atoms with van der Waals surface area (Å²) in [6.07, 6.45) is 0. The zero-order valence-corrected chi connectivity index (χ0v) is 12.2. The van der Waals surface area contributed by atoms with Crippen LogP contribution in [-0.2, 0) is 4.79 Å². The van der Waals surface area contributed by atoms with Gasteiger partial charge in [0.05, 0.1) is 5.92 Å². The Kier molecular flexibility index (Phi) is 3.41. The van der Waals surface area contributed by atoms with Gasteiger partial charge in [0.2, 0.25) is 0 Å². The van der Waals surface area contributed by atoms with Crippen LogP contribution >= 0.6 is 0 Å². The summed E-state index contributed by atoms with van der Waals surface area (Å²) in [7, 11) is 0. The molecule has 0 amide bonds. The van der Waals surface area contributed by atoms with Gasteiger partial charge in [0.1, 0.15) is 11.5 Å². The highest BCUT2D eigenvalue weighted by molar-refractivity contribution is 5.76. The lowest BCUT2D eigenvalue weighted by Crippen LogP contribution is -2.50. The molecule has 1 saturated heterocycles. The lowest BCUT2D eigenvalue weighted by molar-refractivity contribution is -0.142. The van der Waals surface area contributed by atoms with Crippen LogP contribution in [0.5, 0.6) is 11.5 Å². The maximum Gasteiger partial charge on any atom is 0.310 e. The maximum atomic E-state index is 10.9. The van der Waals surface area contributed by atoms with E-state index in [-0.39, 0.29) is 17.4 Å². The van der Waals surface area contributed by atoms with E-state index in [1.807, 2.05) is 30.0 Å². The molecule has 3 N–H and O–H groups in total. The topological polar surface area (TPSA) is 81.0 Å². The van der Waals surface area contributed by atoms with Crippen LogP contribution in [0.4, 0.5) is 5.69 Å². The molecule has 2 aromatic carbocycles. The largest absolute Gasteiger partial charge is 0.508 e. The van der Waals surface area contributed by atoms with E-state index in [0.717, 1.165) is 22.4 Å². The standard InChI is InChI=1S/C17H17NO4/c1-10-2-11(12-5-15(19)7-16(20)6-12)4-14(3-10)18-8-13(9-18)17(21)22/h2-7,13,19-20H,8-9H2,1H3,(H,21,22). The predicted octanol–water partition coefficient (Wildman–Crippen LogP) is 2.59. The lowest BCUT2D eigenvalue weighted by Gasteiger charge is -2.39. The normalized spacial score (nSPS) is 14.7. The highest BCUT2D eigenvalue weighted by Gasteiger charge is 2.32. The molecule has 5 nitrogen and oxygen atoms in total. The van der Waals surface area contributed by atoms with Crippen LogP contribution in [0.3, 0.4) is 0 Å². The molecule has 1 heterocycles. The van der Waals surface area contributed by atoms with Crippen LogP contribution in [0.1, 0.15) is 5.56 Å². The Balaban J connectivity index is 1.92. The van der Waals surface area contributed by atoms with Crippen LogP contribution < -0.4 is 4.90 Å². The molecule has 0 radical (unpaired) electrons. The van der Waals surface area contributed by atoms with Crippen molar-refractivity contribution in [1.29, 1.82) is 0 Å². The van der Waals surface area contributed by atoms with Crippen molar-refractivity contribution in [2.24, 2.45) is 5.92 Å². The molecule has 1 fully saturated rings. The summed E-state index contributed by atoms with van der Waals surface area (Å²) >= 11 is 0. The number of aliphatic carboxylic acids is 1. The lowest BCUT2D eigenvalue weighted by atomic mass is 9.96. The van der Waals surface area contributed by atoms with Gasteiger partial charge in [-0.25, -0.2) is 0 Å². The minimum atomic E-state index is -0.762. The second-order valence-electron chi connectivity index (χ2n) is 5.74. The quantitative estimate of drug-likeness (QED) is 0.811. The molecule has 0 saturated carbocycles. The van der Waals surface area contributed by atoms with Gasteiger partial charge in [-0.2, -0.15) is 0 Å². The molecule has 1 aliphatic rings. The fourth-order valence-electron chi connectivity index (χ4n) is 2.72. The van der Waals surface area contributed by atoms with Crippen molar-refractivity contribution in [3.63, 3.8) is 0 Å². The number of carbonyl (C=O) groups is 1. The minimum Gasteiger partial charge on any atom is -0.508 e. The summed E-state index contributed by atoms with van der Waals surface area (Å²) < 4.78 is 0. The third-order valence-electron chi connectivity index (χ3n) is 3.89. The molecule has 0 aliphatic carbocycles. The van der Waals surface area contributed by atoms with Crippen LogP contribution in [0.25, 0.3) is 11.1 Å². The number of carboxylic acids is 1. The summed E-state index contributed by atoms with van der Waals surface area (Å²) in [5, 5.41) is 28.2. The number of anilines is 1. The Bertz CT molecular complexity index is 715. The van der Waals surface area contributed by atoms with Gasteiger partial charge in [-0.15, -0.1) is 0 Å². The van der Waals surface area contributed by atoms with Gasteiger partial charge in [-0.05, 0) is 47.9 Å². The average molecular weight is 299 g/mol. The summed E-state index contributed by atoms with van der Waals surface area (Å²) in [6, 6.07) is 10.4. The van der Waals surface area contributed by atoms with E-state index < -0.39 is 5.97 Å². The Morgan fingerprint density at radius 2 is 1.59 bits per heavy atom. The molecule has 0 aromatic heterocycles. The number of phenolic OH excluding ortho intramolecular Hbond substituents is 2. The second-order valence-corrected chi connectivity index (χ2v) is 5.74. The van der Waals surface area contributed by atoms with E-state index in [4.69, 9.17) is 5.11 Å². The number of aromatic hydroxyl groups is 2. The number of nitrogens with zero attached hydrogens (tertiary/aromatic N) is 1. The van der Waals surface area contributed by atoms with Crippen LogP contribution in [0.2, 0.25) is 0 Å². The molecular weight excluding hydrogens is 282 g/mol. The molecule has 2 aromatic rings. The minimum absolute atomic E-state index is 0.00736. The maximum absolute atomic E-state index is 10.9. The number of carboxylic acid groups (broad SMARTS) is 1. The van der Waals surface area contributed by atoms with Gasteiger partial charge in [0.25, 0.3) is 0 Å². The number of benzene rings is 2. The predicted molar refractivity (Wildman–Crippen MR) is 83.3 cm³/mol. The van der Waals surface area contributed by atoms with Crippen molar-refractivity contribution in [1.82, 2.24) is 0 Å². The van der Waals surface area contributed by atoms with Crippen molar-refractivity contribution in [3.05, 3.63) is 42.0 Å². The molecule has 0 unspecified atom stereocenters. The SMILES string of the molecule is Cc1cc(-c2cc(O)cc(O)c2)cc(N2CC(C(=O)O)C2)c1. The number of hydrogen-bond acceptors (Lipinski definition) is 4. The fraction of sp³-hybridized carbons (Fsp3) is 0.235. The van der Waals surface area contributed by atoms with Gasteiger partial charge >= 0.3 is 5.97 Å². The van der Waals surface area contributed by atoms with Crippen LogP contribution in [0, 0.1) is 12.8 Å². The fourth-order valence-corrected chi connectivity index (χ4v) is 2.72. The summed E-state index contributed by atoms with van der Waals surface area (Å²) in [5.74, 6) is -1.06. The molecule has 3 rings (SSSR count). The van der Waals surface area contributed by atoms with Gasteiger partial charge in [0, 0.05) is 24.8 Å². The van der Waals surface area contributed by atoms with E-state index in [9.17, 15) is 15.0 Å².